The van der Waals surface area contributed by atoms with Gasteiger partial charge in [0.25, 0.3) is 0 Å². The first-order valence-corrected chi connectivity index (χ1v) is 5.76. The molecule has 1 aromatic carbocycles. The van der Waals surface area contributed by atoms with Crippen LogP contribution in [0.5, 0.6) is 0 Å². The molecule has 1 aliphatic carbocycles. The third-order valence-corrected chi connectivity index (χ3v) is 3.45. The van der Waals surface area contributed by atoms with Crippen molar-refractivity contribution in [2.75, 3.05) is 5.23 Å². The van der Waals surface area contributed by atoms with Crippen LogP contribution in [0.1, 0.15) is 24.8 Å². The molecule has 1 aromatic rings. The lowest BCUT2D eigenvalue weighted by molar-refractivity contribution is 0.0746. The highest BCUT2D eigenvalue weighted by atomic mass is 16.8. The number of oxime groups is 1. The van der Waals surface area contributed by atoms with Gasteiger partial charge in [-0.05, 0) is 31.4 Å². The van der Waals surface area contributed by atoms with Crippen molar-refractivity contribution in [1.29, 1.82) is 0 Å². The Morgan fingerprint density at radius 3 is 3.12 bits per heavy atom. The van der Waals surface area contributed by atoms with Crippen LogP contribution in [0.4, 0.5) is 5.69 Å². The summed E-state index contributed by atoms with van der Waals surface area (Å²) < 4.78 is 0. The van der Waals surface area contributed by atoms with Crippen molar-refractivity contribution in [3.05, 3.63) is 35.0 Å². The van der Waals surface area contributed by atoms with Gasteiger partial charge in [-0.2, -0.15) is 0 Å². The minimum Gasteiger partial charge on any atom is -0.733 e. The number of hydrogen-bond acceptors (Lipinski definition) is 5. The first-order chi connectivity index (χ1) is 8.25. The SMILES string of the molecule is [O-]N(O)c1cccc(C2=NOC3CCCC23)c1. The van der Waals surface area contributed by atoms with Gasteiger partial charge in [0, 0.05) is 11.5 Å². The van der Waals surface area contributed by atoms with Gasteiger partial charge in [-0.15, -0.1) is 0 Å². The maximum absolute atomic E-state index is 10.8. The van der Waals surface area contributed by atoms with Gasteiger partial charge in [-0.3, -0.25) is 5.21 Å². The molecule has 90 valence electrons. The smallest absolute Gasteiger partial charge is 0.136 e. The molecule has 0 bridgehead atoms. The van der Waals surface area contributed by atoms with Crippen molar-refractivity contribution in [2.24, 2.45) is 11.1 Å². The molecule has 0 spiro atoms. The third-order valence-electron chi connectivity index (χ3n) is 3.45. The van der Waals surface area contributed by atoms with E-state index in [2.05, 4.69) is 5.16 Å². The summed E-state index contributed by atoms with van der Waals surface area (Å²) in [6, 6.07) is 6.81. The molecule has 3 rings (SSSR count). The lowest BCUT2D eigenvalue weighted by atomic mass is 9.94. The first kappa shape index (κ1) is 10.6. The fraction of sp³-hybridized carbons (Fsp3) is 0.417. The van der Waals surface area contributed by atoms with E-state index in [0.717, 1.165) is 30.5 Å². The van der Waals surface area contributed by atoms with Gasteiger partial charge < -0.3 is 15.3 Å². The summed E-state index contributed by atoms with van der Waals surface area (Å²) in [5.41, 5.74) is 1.97. The maximum Gasteiger partial charge on any atom is 0.136 e. The average molecular weight is 233 g/mol. The van der Waals surface area contributed by atoms with E-state index in [9.17, 15) is 5.21 Å². The average Bonchev–Trinajstić information content (AvgIpc) is 2.90. The van der Waals surface area contributed by atoms with Crippen LogP contribution in [0.2, 0.25) is 0 Å². The summed E-state index contributed by atoms with van der Waals surface area (Å²) in [7, 11) is 0. The highest BCUT2D eigenvalue weighted by Crippen LogP contribution is 2.36. The summed E-state index contributed by atoms with van der Waals surface area (Å²) in [6.07, 6.45) is 3.48. The Labute approximate surface area is 98.8 Å². The van der Waals surface area contributed by atoms with Gasteiger partial charge in [-0.1, -0.05) is 17.3 Å². The Hall–Kier alpha value is -1.59. The van der Waals surface area contributed by atoms with Crippen molar-refractivity contribution in [3.8, 4) is 0 Å². The largest absolute Gasteiger partial charge is 0.733 e. The Morgan fingerprint density at radius 1 is 1.41 bits per heavy atom. The van der Waals surface area contributed by atoms with Crippen LogP contribution in [0.15, 0.2) is 29.4 Å². The molecule has 0 saturated heterocycles. The van der Waals surface area contributed by atoms with Crippen molar-refractivity contribution >= 4 is 11.4 Å². The molecule has 1 aliphatic heterocycles. The van der Waals surface area contributed by atoms with Gasteiger partial charge in [-0.25, -0.2) is 0 Å². The molecule has 1 N–H and O–H groups in total. The van der Waals surface area contributed by atoms with Gasteiger partial charge in [0.1, 0.15) is 6.10 Å². The minimum absolute atomic E-state index is 0.133. The number of anilines is 1. The van der Waals surface area contributed by atoms with Gasteiger partial charge in [0.2, 0.25) is 0 Å². The molecular formula is C12H13N2O3-. The molecule has 1 fully saturated rings. The van der Waals surface area contributed by atoms with Crippen LogP contribution in [-0.2, 0) is 4.84 Å². The summed E-state index contributed by atoms with van der Waals surface area (Å²) in [6.45, 7) is 0. The number of benzene rings is 1. The van der Waals surface area contributed by atoms with Crippen molar-refractivity contribution in [1.82, 2.24) is 0 Å². The molecule has 1 heterocycles. The van der Waals surface area contributed by atoms with E-state index in [1.54, 1.807) is 18.2 Å². The molecule has 5 heteroatoms. The minimum atomic E-state index is -0.133. The number of rotatable bonds is 2. The molecule has 2 unspecified atom stereocenters. The lowest BCUT2D eigenvalue weighted by Gasteiger charge is -2.22. The second-order valence-electron chi connectivity index (χ2n) is 4.48. The number of nitrogens with zero attached hydrogens (tertiary/aromatic N) is 2. The second-order valence-corrected chi connectivity index (χ2v) is 4.48. The molecule has 2 aliphatic rings. The standard InChI is InChI=1S/C12H13N2O3/c15-14(16)9-4-1-3-8(7-9)12-10-5-2-6-11(10)17-13-12/h1,3-4,7,10-11,15H,2,5-6H2/q-1. The molecule has 17 heavy (non-hydrogen) atoms. The quantitative estimate of drug-likeness (QED) is 0.796. The topological polar surface area (TPSA) is 68.1 Å². The fourth-order valence-corrected chi connectivity index (χ4v) is 2.61. The zero-order valence-corrected chi connectivity index (χ0v) is 9.24. The molecular weight excluding hydrogens is 220 g/mol. The van der Waals surface area contributed by atoms with E-state index in [0.29, 0.717) is 5.92 Å². The highest BCUT2D eigenvalue weighted by molar-refractivity contribution is 6.03. The van der Waals surface area contributed by atoms with E-state index >= 15 is 0 Å². The first-order valence-electron chi connectivity index (χ1n) is 5.76. The van der Waals surface area contributed by atoms with Gasteiger partial charge in [0.05, 0.1) is 11.4 Å². The van der Waals surface area contributed by atoms with E-state index in [1.807, 2.05) is 6.07 Å². The maximum atomic E-state index is 10.8. The van der Waals surface area contributed by atoms with Crippen molar-refractivity contribution in [2.45, 2.75) is 25.4 Å². The Bertz CT molecular complexity index is 459. The van der Waals surface area contributed by atoms with E-state index in [-0.39, 0.29) is 17.0 Å². The van der Waals surface area contributed by atoms with Gasteiger partial charge >= 0.3 is 0 Å². The predicted octanol–water partition coefficient (Wildman–Crippen LogP) is 2.28. The summed E-state index contributed by atoms with van der Waals surface area (Å²) in [5, 5.41) is 23.7. The number of hydrogen-bond donors (Lipinski definition) is 1. The molecule has 0 aromatic heterocycles. The number of fused-ring (bicyclic) bond motifs is 1. The second kappa shape index (κ2) is 4.01. The van der Waals surface area contributed by atoms with Gasteiger partial charge in [0.15, 0.2) is 0 Å². The summed E-state index contributed by atoms with van der Waals surface area (Å²) in [4.78, 5) is 5.38. The van der Waals surface area contributed by atoms with Crippen LogP contribution < -0.4 is 5.23 Å². The highest BCUT2D eigenvalue weighted by Gasteiger charge is 2.38. The Morgan fingerprint density at radius 2 is 2.29 bits per heavy atom. The zero-order chi connectivity index (χ0) is 11.8. The van der Waals surface area contributed by atoms with Crippen molar-refractivity contribution in [3.63, 3.8) is 0 Å². The molecule has 0 amide bonds. The molecule has 5 nitrogen and oxygen atoms in total. The van der Waals surface area contributed by atoms with Crippen LogP contribution in [0.25, 0.3) is 0 Å². The normalized spacial score (nSPS) is 26.4. The van der Waals surface area contributed by atoms with Crippen LogP contribution in [0, 0.1) is 11.1 Å². The third kappa shape index (κ3) is 1.77. The molecule has 2 atom stereocenters. The van der Waals surface area contributed by atoms with E-state index < -0.39 is 0 Å². The zero-order valence-electron chi connectivity index (χ0n) is 9.24. The van der Waals surface area contributed by atoms with Crippen LogP contribution in [0.3, 0.4) is 0 Å². The van der Waals surface area contributed by atoms with E-state index in [1.165, 1.54) is 0 Å². The van der Waals surface area contributed by atoms with E-state index in [4.69, 9.17) is 10.0 Å². The van der Waals surface area contributed by atoms with Crippen LogP contribution in [-0.4, -0.2) is 17.0 Å². The fourth-order valence-electron chi connectivity index (χ4n) is 2.61. The summed E-state index contributed by atoms with van der Waals surface area (Å²) in [5.74, 6) is 0.337. The molecule has 1 saturated carbocycles. The molecule has 0 radical (unpaired) electrons. The Balaban J connectivity index is 1.91. The van der Waals surface area contributed by atoms with Crippen LogP contribution >= 0.6 is 0 Å². The predicted molar refractivity (Wildman–Crippen MR) is 62.8 cm³/mol. The summed E-state index contributed by atoms with van der Waals surface area (Å²) >= 11 is 0. The Kier molecular flexibility index (Phi) is 2.49. The lowest BCUT2D eigenvalue weighted by Crippen LogP contribution is -2.18. The van der Waals surface area contributed by atoms with Crippen molar-refractivity contribution < 1.29 is 10.0 Å². The monoisotopic (exact) mass is 233 g/mol.